The minimum absolute atomic E-state index is 0.784. The second kappa shape index (κ2) is 5.73. The zero-order valence-corrected chi connectivity index (χ0v) is 13.3. The summed E-state index contributed by atoms with van der Waals surface area (Å²) in [6.07, 6.45) is 6.89. The first-order chi connectivity index (χ1) is 10.3. The average Bonchev–Trinajstić information content (AvgIpc) is 2.51. The van der Waals surface area contributed by atoms with Crippen LogP contribution in [0.1, 0.15) is 49.7 Å². The van der Waals surface area contributed by atoms with Crippen LogP contribution in [0.5, 0.6) is 0 Å². The molecule has 0 bridgehead atoms. The molecule has 1 aliphatic carbocycles. The molecule has 0 saturated carbocycles. The first kappa shape index (κ1) is 13.8. The van der Waals surface area contributed by atoms with Gasteiger partial charge in [-0.2, -0.15) is 0 Å². The van der Waals surface area contributed by atoms with Gasteiger partial charge in [-0.25, -0.2) is 0 Å². The van der Waals surface area contributed by atoms with Crippen molar-refractivity contribution in [1.82, 2.24) is 9.80 Å². The maximum Gasteiger partial charge on any atom is 0.0223 e. The molecular weight excluding hydrogens is 256 g/mol. The van der Waals surface area contributed by atoms with E-state index < -0.39 is 0 Å². The predicted octanol–water partition coefficient (Wildman–Crippen LogP) is 3.28. The van der Waals surface area contributed by atoms with Crippen molar-refractivity contribution >= 4 is 0 Å². The molecule has 0 aromatic heterocycles. The molecule has 2 heteroatoms. The van der Waals surface area contributed by atoms with Crippen LogP contribution in [0.25, 0.3) is 0 Å². The fourth-order valence-corrected chi connectivity index (χ4v) is 4.73. The maximum absolute atomic E-state index is 2.83. The Morgan fingerprint density at radius 2 is 2.05 bits per heavy atom. The van der Waals surface area contributed by atoms with E-state index in [-0.39, 0.29) is 0 Å². The molecule has 2 heterocycles. The van der Waals surface area contributed by atoms with E-state index in [1.54, 1.807) is 11.1 Å². The minimum atomic E-state index is 0.784. The zero-order chi connectivity index (χ0) is 14.2. The van der Waals surface area contributed by atoms with Gasteiger partial charge in [0.25, 0.3) is 0 Å². The van der Waals surface area contributed by atoms with Gasteiger partial charge in [-0.1, -0.05) is 37.6 Å². The smallest absolute Gasteiger partial charge is 0.0223 e. The van der Waals surface area contributed by atoms with E-state index in [1.165, 1.54) is 58.3 Å². The lowest BCUT2D eigenvalue weighted by Gasteiger charge is -2.50. The van der Waals surface area contributed by atoms with Crippen molar-refractivity contribution < 1.29 is 0 Å². The van der Waals surface area contributed by atoms with Crippen LogP contribution in [-0.2, 0) is 6.42 Å². The number of piperazine rings is 1. The monoisotopic (exact) mass is 284 g/mol. The third-order valence-electron chi connectivity index (χ3n) is 6.04. The molecular formula is C19H28N2. The molecule has 114 valence electrons. The third kappa shape index (κ3) is 2.53. The van der Waals surface area contributed by atoms with Crippen LogP contribution < -0.4 is 0 Å². The Bertz CT molecular complexity index is 498. The maximum atomic E-state index is 2.83. The lowest BCUT2D eigenvalue weighted by Crippen LogP contribution is -2.60. The standard InChI is InChI=1S/C19H28N2/c1-2-17-13-20-10-6-5-8-18(20)14-21(17)12-16-11-15-7-3-4-9-19(15)16/h3-4,7,9,16-18H,2,5-6,8,10-14H2,1H3. The summed E-state index contributed by atoms with van der Waals surface area (Å²) in [4.78, 5) is 5.61. The Balaban J connectivity index is 1.44. The van der Waals surface area contributed by atoms with Gasteiger partial charge in [-0.3, -0.25) is 9.80 Å². The lowest BCUT2D eigenvalue weighted by molar-refractivity contribution is 0.00358. The number of hydrogen-bond donors (Lipinski definition) is 0. The first-order valence-electron chi connectivity index (χ1n) is 8.91. The Labute approximate surface area is 129 Å². The van der Waals surface area contributed by atoms with E-state index in [2.05, 4.69) is 41.0 Å². The minimum Gasteiger partial charge on any atom is -0.298 e. The van der Waals surface area contributed by atoms with Gasteiger partial charge in [0.2, 0.25) is 0 Å². The number of hydrogen-bond acceptors (Lipinski definition) is 2. The molecule has 3 unspecified atom stereocenters. The van der Waals surface area contributed by atoms with E-state index in [0.29, 0.717) is 0 Å². The van der Waals surface area contributed by atoms with Crippen LogP contribution in [0.2, 0.25) is 0 Å². The molecule has 0 N–H and O–H groups in total. The van der Waals surface area contributed by atoms with E-state index in [4.69, 9.17) is 0 Å². The lowest BCUT2D eigenvalue weighted by atomic mass is 9.77. The SMILES string of the molecule is CCC1CN2CCCCC2CN1CC1Cc2ccccc21. The molecule has 3 atom stereocenters. The summed E-state index contributed by atoms with van der Waals surface area (Å²) in [6, 6.07) is 10.7. The molecule has 4 rings (SSSR count). The van der Waals surface area contributed by atoms with Crippen molar-refractivity contribution in [2.45, 2.75) is 57.0 Å². The van der Waals surface area contributed by atoms with Crippen LogP contribution in [0, 0.1) is 0 Å². The summed E-state index contributed by atoms with van der Waals surface area (Å²) >= 11 is 0. The molecule has 0 amide bonds. The van der Waals surface area contributed by atoms with Crippen LogP contribution in [0.4, 0.5) is 0 Å². The zero-order valence-electron chi connectivity index (χ0n) is 13.3. The van der Waals surface area contributed by atoms with Gasteiger partial charge in [0.15, 0.2) is 0 Å². The molecule has 1 aromatic carbocycles. The molecule has 2 nitrogen and oxygen atoms in total. The molecule has 2 aliphatic heterocycles. The van der Waals surface area contributed by atoms with Gasteiger partial charge in [-0.15, -0.1) is 0 Å². The fraction of sp³-hybridized carbons (Fsp3) is 0.684. The van der Waals surface area contributed by atoms with Gasteiger partial charge < -0.3 is 0 Å². The van der Waals surface area contributed by atoms with Gasteiger partial charge >= 0.3 is 0 Å². The van der Waals surface area contributed by atoms with Gasteiger partial charge in [0.1, 0.15) is 0 Å². The number of rotatable bonds is 3. The van der Waals surface area contributed by atoms with E-state index in [1.807, 2.05) is 0 Å². The highest BCUT2D eigenvalue weighted by molar-refractivity contribution is 5.40. The second-order valence-corrected chi connectivity index (χ2v) is 7.26. The summed E-state index contributed by atoms with van der Waals surface area (Å²) in [6.45, 7) is 7.64. The van der Waals surface area contributed by atoms with Crippen molar-refractivity contribution in [3.05, 3.63) is 35.4 Å². The van der Waals surface area contributed by atoms with Crippen molar-refractivity contribution in [2.24, 2.45) is 0 Å². The molecule has 0 radical (unpaired) electrons. The Hall–Kier alpha value is -0.860. The molecule has 1 aromatic rings. The second-order valence-electron chi connectivity index (χ2n) is 7.26. The molecule has 2 fully saturated rings. The molecule has 21 heavy (non-hydrogen) atoms. The predicted molar refractivity (Wildman–Crippen MR) is 87.8 cm³/mol. The highest BCUT2D eigenvalue weighted by atomic mass is 15.3. The summed E-state index contributed by atoms with van der Waals surface area (Å²) < 4.78 is 0. The Morgan fingerprint density at radius 1 is 1.14 bits per heavy atom. The van der Waals surface area contributed by atoms with E-state index in [9.17, 15) is 0 Å². The average molecular weight is 284 g/mol. The van der Waals surface area contributed by atoms with E-state index >= 15 is 0 Å². The van der Waals surface area contributed by atoms with Crippen LogP contribution in [0.15, 0.2) is 24.3 Å². The van der Waals surface area contributed by atoms with Crippen molar-refractivity contribution in [3.63, 3.8) is 0 Å². The van der Waals surface area contributed by atoms with Gasteiger partial charge in [-0.05, 0) is 43.4 Å². The van der Waals surface area contributed by atoms with Crippen LogP contribution in [0.3, 0.4) is 0 Å². The summed E-state index contributed by atoms with van der Waals surface area (Å²) in [5.41, 5.74) is 3.21. The normalized spacial score (nSPS) is 33.1. The van der Waals surface area contributed by atoms with E-state index in [0.717, 1.165) is 18.0 Å². The largest absolute Gasteiger partial charge is 0.298 e. The number of fused-ring (bicyclic) bond motifs is 2. The summed E-state index contributed by atoms with van der Waals surface area (Å²) in [5, 5.41) is 0. The molecule has 3 aliphatic rings. The summed E-state index contributed by atoms with van der Waals surface area (Å²) in [7, 11) is 0. The first-order valence-corrected chi connectivity index (χ1v) is 8.91. The van der Waals surface area contributed by atoms with Crippen molar-refractivity contribution in [3.8, 4) is 0 Å². The molecule has 0 spiro atoms. The highest BCUT2D eigenvalue weighted by Crippen LogP contribution is 2.37. The molecule has 2 saturated heterocycles. The number of piperidine rings is 1. The van der Waals surface area contributed by atoms with Crippen LogP contribution >= 0.6 is 0 Å². The quantitative estimate of drug-likeness (QED) is 0.840. The summed E-state index contributed by atoms with van der Waals surface area (Å²) in [5.74, 6) is 0.797. The topological polar surface area (TPSA) is 6.48 Å². The third-order valence-corrected chi connectivity index (χ3v) is 6.04. The van der Waals surface area contributed by atoms with Crippen molar-refractivity contribution in [1.29, 1.82) is 0 Å². The Kier molecular flexibility index (Phi) is 3.76. The highest BCUT2D eigenvalue weighted by Gasteiger charge is 2.36. The van der Waals surface area contributed by atoms with Gasteiger partial charge in [0, 0.05) is 37.6 Å². The van der Waals surface area contributed by atoms with Gasteiger partial charge in [0.05, 0.1) is 0 Å². The van der Waals surface area contributed by atoms with Crippen LogP contribution in [-0.4, -0.2) is 48.1 Å². The number of benzene rings is 1. The Morgan fingerprint density at radius 3 is 2.90 bits per heavy atom. The van der Waals surface area contributed by atoms with Crippen molar-refractivity contribution in [2.75, 3.05) is 26.2 Å². The number of nitrogens with zero attached hydrogens (tertiary/aromatic N) is 2. The fourth-order valence-electron chi connectivity index (χ4n) is 4.73.